The molecule has 3 aliphatic heterocycles. The molecule has 8 nitrogen and oxygen atoms in total. The highest BCUT2D eigenvalue weighted by molar-refractivity contribution is 6.04. The van der Waals surface area contributed by atoms with Crippen LogP contribution in [0.3, 0.4) is 0 Å². The zero-order valence-electron chi connectivity index (χ0n) is 18.9. The summed E-state index contributed by atoms with van der Waals surface area (Å²) in [5, 5.41) is 2.88. The fourth-order valence-electron chi connectivity index (χ4n) is 5.09. The van der Waals surface area contributed by atoms with Crippen LogP contribution in [-0.2, 0) is 0 Å². The van der Waals surface area contributed by atoms with Crippen molar-refractivity contribution >= 4 is 29.0 Å². The van der Waals surface area contributed by atoms with Crippen LogP contribution in [-0.4, -0.2) is 61.5 Å². The van der Waals surface area contributed by atoms with Gasteiger partial charge in [0.1, 0.15) is 11.6 Å². The Morgan fingerprint density at radius 2 is 1.91 bits per heavy atom. The first-order valence-electron chi connectivity index (χ1n) is 11.5. The van der Waals surface area contributed by atoms with Gasteiger partial charge in [-0.15, -0.1) is 0 Å². The van der Waals surface area contributed by atoms with Crippen LogP contribution in [0.4, 0.5) is 41.0 Å². The van der Waals surface area contributed by atoms with Gasteiger partial charge in [-0.1, -0.05) is 0 Å². The molecule has 2 aromatic heterocycles. The molecule has 1 unspecified atom stereocenters. The Hall–Kier alpha value is -3.24. The van der Waals surface area contributed by atoms with Gasteiger partial charge in [0.15, 0.2) is 5.82 Å². The summed E-state index contributed by atoms with van der Waals surface area (Å²) >= 11 is 0. The molecule has 34 heavy (non-hydrogen) atoms. The minimum atomic E-state index is -4.23. The van der Waals surface area contributed by atoms with E-state index in [1.807, 2.05) is 6.07 Å². The Bertz CT molecular complexity index is 1070. The highest BCUT2D eigenvalue weighted by Crippen LogP contribution is 2.41. The van der Waals surface area contributed by atoms with E-state index in [4.69, 9.17) is 9.72 Å². The van der Waals surface area contributed by atoms with Crippen molar-refractivity contribution in [3.8, 4) is 5.75 Å². The summed E-state index contributed by atoms with van der Waals surface area (Å²) in [5.41, 5.74) is 1.31. The molecule has 0 aromatic carbocycles. The van der Waals surface area contributed by atoms with Crippen LogP contribution < -0.4 is 24.8 Å². The number of piperidine rings is 2. The molecule has 2 bridgehead atoms. The van der Waals surface area contributed by atoms with Crippen molar-refractivity contribution in [2.24, 2.45) is 5.92 Å². The number of ether oxygens (including phenoxy) is 1. The van der Waals surface area contributed by atoms with Gasteiger partial charge >= 0.3 is 12.2 Å². The van der Waals surface area contributed by atoms with E-state index in [2.05, 4.69) is 15.2 Å². The van der Waals surface area contributed by atoms with Crippen LogP contribution in [0.25, 0.3) is 0 Å². The molecule has 0 radical (unpaired) electrons. The van der Waals surface area contributed by atoms with Crippen molar-refractivity contribution in [3.63, 3.8) is 0 Å². The van der Waals surface area contributed by atoms with Gasteiger partial charge in [-0.2, -0.15) is 13.2 Å². The topological polar surface area (TPSA) is 73.8 Å². The zero-order valence-corrected chi connectivity index (χ0v) is 18.9. The van der Waals surface area contributed by atoms with Gasteiger partial charge in [-0.3, -0.25) is 9.88 Å². The van der Waals surface area contributed by atoms with Crippen molar-refractivity contribution in [2.75, 3.05) is 53.3 Å². The van der Waals surface area contributed by atoms with Crippen LogP contribution in [0.5, 0.6) is 5.75 Å². The van der Waals surface area contributed by atoms with Gasteiger partial charge in [0.05, 0.1) is 42.8 Å². The standard InChI is InChI=1S/C23H27F3N6O2/c1-34-18-10-16(11-27-12-18)28-22(33)32-17-5-3-8-30(14-17)19-6-7-20(29-21(19)32)31-9-2-4-15(13-31)23(24,25)26/h6-7,10-12,15,17H,2-5,8-9,13-14H2,1H3,(H,28,33)/t15?,17-/m1/s1. The third-order valence-corrected chi connectivity index (χ3v) is 6.80. The predicted octanol–water partition coefficient (Wildman–Crippen LogP) is 4.28. The number of amides is 2. The van der Waals surface area contributed by atoms with Gasteiger partial charge in [-0.05, 0) is 37.8 Å². The Morgan fingerprint density at radius 1 is 1.12 bits per heavy atom. The number of nitrogens with zero attached hydrogens (tertiary/aromatic N) is 5. The van der Waals surface area contributed by atoms with Crippen molar-refractivity contribution in [1.82, 2.24) is 9.97 Å². The summed E-state index contributed by atoms with van der Waals surface area (Å²) in [7, 11) is 1.52. The third kappa shape index (κ3) is 4.30. The average molecular weight is 477 g/mol. The van der Waals surface area contributed by atoms with Crippen molar-refractivity contribution in [3.05, 3.63) is 30.6 Å². The van der Waals surface area contributed by atoms with Crippen LogP contribution in [0.2, 0.25) is 0 Å². The van der Waals surface area contributed by atoms with E-state index in [-0.39, 0.29) is 25.0 Å². The summed E-state index contributed by atoms with van der Waals surface area (Å²) in [6.45, 7) is 1.94. The van der Waals surface area contributed by atoms with Gasteiger partial charge in [0.2, 0.25) is 0 Å². The van der Waals surface area contributed by atoms with Crippen LogP contribution >= 0.6 is 0 Å². The number of methoxy groups -OCH3 is 1. The predicted molar refractivity (Wildman–Crippen MR) is 123 cm³/mol. The molecule has 182 valence electrons. The summed E-state index contributed by atoms with van der Waals surface area (Å²) in [4.78, 5) is 27.8. The van der Waals surface area contributed by atoms with Crippen LogP contribution in [0.15, 0.2) is 30.6 Å². The van der Waals surface area contributed by atoms with E-state index in [9.17, 15) is 18.0 Å². The number of anilines is 4. The van der Waals surface area contributed by atoms with Crippen molar-refractivity contribution in [2.45, 2.75) is 37.9 Å². The highest BCUT2D eigenvalue weighted by atomic mass is 19.4. The van der Waals surface area contributed by atoms with E-state index in [1.165, 1.54) is 13.3 Å². The largest absolute Gasteiger partial charge is 0.495 e. The number of hydrogen-bond donors (Lipinski definition) is 1. The monoisotopic (exact) mass is 476 g/mol. The van der Waals surface area contributed by atoms with E-state index in [1.54, 1.807) is 28.1 Å². The Balaban J connectivity index is 1.46. The molecule has 2 saturated heterocycles. The molecule has 2 aromatic rings. The molecule has 2 amide bonds. The lowest BCUT2D eigenvalue weighted by molar-refractivity contribution is -0.176. The molecule has 5 heterocycles. The molecule has 0 saturated carbocycles. The summed E-state index contributed by atoms with van der Waals surface area (Å²) in [5.74, 6) is 0.0956. The number of alkyl halides is 3. The number of carbonyl (C=O) groups excluding carboxylic acids is 1. The normalized spacial score (nSPS) is 22.3. The minimum Gasteiger partial charge on any atom is -0.495 e. The lowest BCUT2D eigenvalue weighted by Crippen LogP contribution is -2.56. The maximum Gasteiger partial charge on any atom is 0.393 e. The van der Waals surface area contributed by atoms with E-state index in [0.717, 1.165) is 25.1 Å². The first-order valence-corrected chi connectivity index (χ1v) is 11.5. The molecule has 0 spiro atoms. The number of fused-ring (bicyclic) bond motifs is 4. The number of halogens is 3. The summed E-state index contributed by atoms with van der Waals surface area (Å²) < 4.78 is 45.3. The average Bonchev–Trinajstić information content (AvgIpc) is 2.83. The van der Waals surface area contributed by atoms with E-state index in [0.29, 0.717) is 42.6 Å². The molecular weight excluding hydrogens is 449 g/mol. The number of rotatable bonds is 3. The molecule has 11 heteroatoms. The van der Waals surface area contributed by atoms with Crippen LogP contribution in [0.1, 0.15) is 25.7 Å². The van der Waals surface area contributed by atoms with Gasteiger partial charge in [0.25, 0.3) is 0 Å². The number of aromatic nitrogens is 2. The summed E-state index contributed by atoms with van der Waals surface area (Å²) in [6, 6.07) is 4.90. The maximum absolute atomic E-state index is 13.4. The van der Waals surface area contributed by atoms with Crippen molar-refractivity contribution < 1.29 is 22.7 Å². The van der Waals surface area contributed by atoms with Gasteiger partial charge < -0.3 is 19.9 Å². The number of carbonyl (C=O) groups is 1. The molecule has 5 rings (SSSR count). The number of urea groups is 1. The smallest absolute Gasteiger partial charge is 0.393 e. The fraction of sp³-hybridized carbons (Fsp3) is 0.522. The van der Waals surface area contributed by atoms with Gasteiger partial charge in [-0.25, -0.2) is 9.78 Å². The molecule has 1 N–H and O–H groups in total. The molecular formula is C23H27F3N6O2. The number of nitrogens with one attached hydrogen (secondary N) is 1. The summed E-state index contributed by atoms with van der Waals surface area (Å²) in [6.07, 6.45) is 1.20. The third-order valence-electron chi connectivity index (χ3n) is 6.80. The lowest BCUT2D eigenvalue weighted by atomic mass is 9.97. The van der Waals surface area contributed by atoms with Crippen molar-refractivity contribution in [1.29, 1.82) is 0 Å². The quantitative estimate of drug-likeness (QED) is 0.713. The highest BCUT2D eigenvalue weighted by Gasteiger charge is 2.43. The zero-order chi connectivity index (χ0) is 23.9. The molecule has 3 aliphatic rings. The SMILES string of the molecule is COc1cncc(NC(=O)N2c3nc(N4CCCC(C(F)(F)F)C4)ccc3N3CCC[C@@H]2C3)c1. The number of hydrogen-bond acceptors (Lipinski definition) is 6. The van der Waals surface area contributed by atoms with E-state index >= 15 is 0 Å². The van der Waals surface area contributed by atoms with E-state index < -0.39 is 12.1 Å². The molecule has 2 atom stereocenters. The Kier molecular flexibility index (Phi) is 5.86. The van der Waals surface area contributed by atoms with Gasteiger partial charge in [0, 0.05) is 32.2 Å². The molecule has 2 fully saturated rings. The van der Waals surface area contributed by atoms with Crippen LogP contribution in [0, 0.1) is 5.92 Å². The number of pyridine rings is 2. The first-order chi connectivity index (χ1) is 16.3. The minimum absolute atomic E-state index is 0.0770. The Labute approximate surface area is 195 Å². The second-order valence-corrected chi connectivity index (χ2v) is 8.99. The Morgan fingerprint density at radius 3 is 2.71 bits per heavy atom. The maximum atomic E-state index is 13.4. The molecule has 0 aliphatic carbocycles. The first kappa shape index (κ1) is 22.5. The second-order valence-electron chi connectivity index (χ2n) is 8.99. The second kappa shape index (κ2) is 8.84. The fourth-order valence-corrected chi connectivity index (χ4v) is 5.09. The lowest BCUT2D eigenvalue weighted by Gasteiger charge is -2.46.